The van der Waals surface area contributed by atoms with Gasteiger partial charge in [0, 0.05) is 0 Å². The molecule has 0 saturated carbocycles. The second-order valence-corrected chi connectivity index (χ2v) is 8.47. The van der Waals surface area contributed by atoms with Crippen molar-refractivity contribution >= 4 is 0 Å². The average Bonchev–Trinajstić information content (AvgIpc) is 2.82. The van der Waals surface area contributed by atoms with Gasteiger partial charge in [0.2, 0.25) is 6.29 Å². The molecular weight excluding hydrogens is 420 g/mol. The second kappa shape index (κ2) is 15.8. The highest BCUT2D eigenvalue weighted by Gasteiger charge is 2.44. The van der Waals surface area contributed by atoms with Gasteiger partial charge >= 0.3 is 0 Å². The Morgan fingerprint density at radius 2 is 1.61 bits per heavy atom. The molecule has 1 aromatic carbocycles. The van der Waals surface area contributed by atoms with E-state index in [2.05, 4.69) is 30.9 Å². The Kier molecular flexibility index (Phi) is 13.1. The van der Waals surface area contributed by atoms with E-state index in [1.165, 1.54) is 25.7 Å². The summed E-state index contributed by atoms with van der Waals surface area (Å²) < 4.78 is 11.1. The SMILES string of the molecule is C=CC/C=C\C/C=C\CCCCCCCc1cccc(O[C@@H]2OC(CO)[C@@H](O)[C@H](O)C2O)c1. The summed E-state index contributed by atoms with van der Waals surface area (Å²) in [6, 6.07) is 7.57. The van der Waals surface area contributed by atoms with E-state index in [1.807, 2.05) is 24.3 Å². The molecule has 0 bridgehead atoms. The molecule has 0 radical (unpaired) electrons. The van der Waals surface area contributed by atoms with E-state index >= 15 is 0 Å². The van der Waals surface area contributed by atoms with Crippen molar-refractivity contribution in [3.63, 3.8) is 0 Å². The molecule has 1 fully saturated rings. The van der Waals surface area contributed by atoms with Crippen LogP contribution in [-0.4, -0.2) is 57.7 Å². The molecule has 2 unspecified atom stereocenters. The lowest BCUT2D eigenvalue weighted by atomic mass is 9.99. The molecule has 1 aromatic rings. The molecule has 33 heavy (non-hydrogen) atoms. The zero-order chi connectivity index (χ0) is 23.9. The van der Waals surface area contributed by atoms with Gasteiger partial charge in [-0.3, -0.25) is 0 Å². The van der Waals surface area contributed by atoms with Gasteiger partial charge in [0.25, 0.3) is 0 Å². The molecule has 0 aromatic heterocycles. The second-order valence-electron chi connectivity index (χ2n) is 8.47. The van der Waals surface area contributed by atoms with Gasteiger partial charge in [-0.05, 0) is 56.2 Å². The molecule has 0 aliphatic carbocycles. The van der Waals surface area contributed by atoms with Crippen LogP contribution < -0.4 is 4.74 Å². The number of unbranched alkanes of at least 4 members (excludes halogenated alkanes) is 5. The number of ether oxygens (including phenoxy) is 2. The summed E-state index contributed by atoms with van der Waals surface area (Å²) in [6.07, 6.45) is 14.2. The lowest BCUT2D eigenvalue weighted by Crippen LogP contribution is -2.60. The minimum absolute atomic E-state index is 0.478. The fourth-order valence-corrected chi connectivity index (χ4v) is 3.78. The third-order valence-corrected chi connectivity index (χ3v) is 5.74. The van der Waals surface area contributed by atoms with Crippen molar-refractivity contribution in [2.24, 2.45) is 0 Å². The third kappa shape index (κ3) is 9.82. The Balaban J connectivity index is 1.64. The van der Waals surface area contributed by atoms with Crippen LogP contribution in [0.1, 0.15) is 56.9 Å². The molecule has 184 valence electrons. The van der Waals surface area contributed by atoms with E-state index in [0.29, 0.717) is 5.75 Å². The predicted octanol–water partition coefficient (Wildman–Crippen LogP) is 3.83. The van der Waals surface area contributed by atoms with Crippen LogP contribution in [0.5, 0.6) is 5.75 Å². The van der Waals surface area contributed by atoms with Crippen LogP contribution in [0.25, 0.3) is 0 Å². The van der Waals surface area contributed by atoms with Crippen molar-refractivity contribution in [2.75, 3.05) is 6.61 Å². The van der Waals surface area contributed by atoms with E-state index in [4.69, 9.17) is 9.47 Å². The maximum absolute atomic E-state index is 10.1. The first-order chi connectivity index (χ1) is 16.1. The molecule has 0 spiro atoms. The minimum Gasteiger partial charge on any atom is -0.462 e. The predicted molar refractivity (Wildman–Crippen MR) is 130 cm³/mol. The smallest absolute Gasteiger partial charge is 0.229 e. The van der Waals surface area contributed by atoms with Gasteiger partial charge in [0.15, 0.2) is 0 Å². The molecule has 0 amide bonds. The summed E-state index contributed by atoms with van der Waals surface area (Å²) >= 11 is 0. The normalized spacial score (nSPS) is 25.6. The van der Waals surface area contributed by atoms with Gasteiger partial charge in [0.05, 0.1) is 6.61 Å². The molecule has 1 saturated heterocycles. The molecule has 5 atom stereocenters. The lowest BCUT2D eigenvalue weighted by molar-refractivity contribution is -0.277. The van der Waals surface area contributed by atoms with Crippen LogP contribution in [-0.2, 0) is 11.2 Å². The number of hydrogen-bond acceptors (Lipinski definition) is 6. The number of rotatable bonds is 15. The Morgan fingerprint density at radius 1 is 0.879 bits per heavy atom. The van der Waals surface area contributed by atoms with Crippen molar-refractivity contribution in [1.82, 2.24) is 0 Å². The Bertz CT molecular complexity index is 729. The Hall–Kier alpha value is -1.96. The van der Waals surface area contributed by atoms with Crippen LogP contribution in [0, 0.1) is 0 Å². The van der Waals surface area contributed by atoms with Gasteiger partial charge in [-0.25, -0.2) is 0 Å². The first kappa shape index (κ1) is 27.3. The average molecular weight is 461 g/mol. The van der Waals surface area contributed by atoms with Crippen LogP contribution >= 0.6 is 0 Å². The highest BCUT2D eigenvalue weighted by molar-refractivity contribution is 5.28. The summed E-state index contributed by atoms with van der Waals surface area (Å²) in [6.45, 7) is 3.22. The molecular formula is C27H40O6. The van der Waals surface area contributed by atoms with E-state index in [0.717, 1.165) is 37.7 Å². The molecule has 1 heterocycles. The zero-order valence-corrected chi connectivity index (χ0v) is 19.5. The number of aryl methyl sites for hydroxylation is 1. The highest BCUT2D eigenvalue weighted by atomic mass is 16.7. The first-order valence-electron chi connectivity index (χ1n) is 12.0. The molecule has 6 heteroatoms. The number of benzene rings is 1. The number of aliphatic hydroxyl groups is 4. The van der Waals surface area contributed by atoms with E-state index in [-0.39, 0.29) is 0 Å². The van der Waals surface area contributed by atoms with E-state index in [1.54, 1.807) is 6.07 Å². The Labute approximate surface area is 197 Å². The lowest BCUT2D eigenvalue weighted by Gasteiger charge is -2.39. The van der Waals surface area contributed by atoms with Gasteiger partial charge in [-0.2, -0.15) is 0 Å². The molecule has 6 nitrogen and oxygen atoms in total. The molecule has 2 rings (SSSR count). The summed E-state index contributed by atoms with van der Waals surface area (Å²) in [4.78, 5) is 0. The van der Waals surface area contributed by atoms with Gasteiger partial charge < -0.3 is 29.9 Å². The molecule has 4 N–H and O–H groups in total. The fourth-order valence-electron chi connectivity index (χ4n) is 3.78. The minimum atomic E-state index is -1.45. The molecule has 1 aliphatic heterocycles. The maximum atomic E-state index is 10.1. The summed E-state index contributed by atoms with van der Waals surface area (Å²) in [5.41, 5.74) is 1.13. The number of allylic oxidation sites excluding steroid dienone is 5. The first-order valence-corrected chi connectivity index (χ1v) is 12.0. The van der Waals surface area contributed by atoms with Crippen molar-refractivity contribution in [3.8, 4) is 5.75 Å². The maximum Gasteiger partial charge on any atom is 0.229 e. The van der Waals surface area contributed by atoms with Gasteiger partial charge in [-0.15, -0.1) is 6.58 Å². The van der Waals surface area contributed by atoms with Crippen LogP contribution in [0.4, 0.5) is 0 Å². The molecule has 1 aliphatic rings. The van der Waals surface area contributed by atoms with E-state index < -0.39 is 37.3 Å². The highest BCUT2D eigenvalue weighted by Crippen LogP contribution is 2.25. The van der Waals surface area contributed by atoms with Crippen LogP contribution in [0.2, 0.25) is 0 Å². The van der Waals surface area contributed by atoms with Crippen molar-refractivity contribution in [1.29, 1.82) is 0 Å². The Morgan fingerprint density at radius 3 is 2.39 bits per heavy atom. The monoisotopic (exact) mass is 460 g/mol. The topological polar surface area (TPSA) is 99.4 Å². The van der Waals surface area contributed by atoms with E-state index in [9.17, 15) is 20.4 Å². The quantitative estimate of drug-likeness (QED) is 0.235. The van der Waals surface area contributed by atoms with Gasteiger partial charge in [0.1, 0.15) is 30.2 Å². The largest absolute Gasteiger partial charge is 0.462 e. The number of aliphatic hydroxyl groups excluding tert-OH is 4. The summed E-state index contributed by atoms with van der Waals surface area (Å²) in [5.74, 6) is 0.517. The fraction of sp³-hybridized carbons (Fsp3) is 0.556. The van der Waals surface area contributed by atoms with Crippen molar-refractivity contribution in [3.05, 3.63) is 66.8 Å². The zero-order valence-electron chi connectivity index (χ0n) is 19.5. The standard InChI is InChI=1S/C27H40O6/c1-2-3-4-5-6-7-8-9-10-11-12-13-14-16-21-17-15-18-22(19-21)32-27-26(31)25(30)24(29)23(20-28)33-27/h2,4-5,7-8,15,17-19,23-31H,1,3,6,9-14,16,20H2/b5-4-,8-7-/t23?,24-,25+,26?,27-/m1/s1. The summed E-state index contributed by atoms with van der Waals surface area (Å²) in [7, 11) is 0. The summed E-state index contributed by atoms with van der Waals surface area (Å²) in [5, 5.41) is 39.2. The van der Waals surface area contributed by atoms with Crippen molar-refractivity contribution in [2.45, 2.75) is 88.5 Å². The third-order valence-electron chi connectivity index (χ3n) is 5.74. The van der Waals surface area contributed by atoms with Gasteiger partial charge in [-0.1, -0.05) is 61.8 Å². The van der Waals surface area contributed by atoms with Crippen LogP contribution in [0.3, 0.4) is 0 Å². The number of hydrogen-bond donors (Lipinski definition) is 4. The van der Waals surface area contributed by atoms with Crippen LogP contribution in [0.15, 0.2) is 61.2 Å². The van der Waals surface area contributed by atoms with Crippen molar-refractivity contribution < 1.29 is 29.9 Å².